The second-order valence-electron chi connectivity index (χ2n) is 7.85. The Balaban J connectivity index is 1.34. The highest BCUT2D eigenvalue weighted by Gasteiger charge is 2.30. The zero-order chi connectivity index (χ0) is 18.0. The number of rotatable bonds is 8. The van der Waals surface area contributed by atoms with E-state index >= 15 is 0 Å². The number of nitrogens with one attached hydrogen (secondary N) is 1. The highest BCUT2D eigenvalue weighted by molar-refractivity contribution is 5.80. The van der Waals surface area contributed by atoms with Crippen LogP contribution in [0.15, 0.2) is 4.99 Å². The minimum Gasteiger partial charge on any atom is -0.381 e. The predicted octanol–water partition coefficient (Wildman–Crippen LogP) is 1.96. The minimum absolute atomic E-state index is 0.691. The van der Waals surface area contributed by atoms with Crippen molar-refractivity contribution < 1.29 is 9.47 Å². The summed E-state index contributed by atoms with van der Waals surface area (Å²) < 4.78 is 11.3. The van der Waals surface area contributed by atoms with Crippen LogP contribution in [0.4, 0.5) is 0 Å². The molecule has 6 nitrogen and oxygen atoms in total. The summed E-state index contributed by atoms with van der Waals surface area (Å²) in [6.07, 6.45) is 7.32. The Bertz CT molecular complexity index is 420. The number of guanidine groups is 1. The van der Waals surface area contributed by atoms with Crippen LogP contribution in [0.1, 0.15) is 45.4 Å². The summed E-state index contributed by atoms with van der Waals surface area (Å²) in [4.78, 5) is 9.98. The molecular formula is C20H38N4O2. The average Bonchev–Trinajstić information content (AvgIpc) is 3.36. The van der Waals surface area contributed by atoms with Crippen molar-refractivity contribution in [3.05, 3.63) is 0 Å². The minimum atomic E-state index is 0.691. The molecule has 6 heteroatoms. The molecule has 0 aromatic carbocycles. The lowest BCUT2D eigenvalue weighted by Crippen LogP contribution is -2.42. The molecule has 3 fully saturated rings. The fourth-order valence-corrected chi connectivity index (χ4v) is 4.28. The maximum absolute atomic E-state index is 5.86. The van der Waals surface area contributed by atoms with Gasteiger partial charge in [-0.3, -0.25) is 9.89 Å². The molecule has 0 aromatic heterocycles. The van der Waals surface area contributed by atoms with Gasteiger partial charge in [0.2, 0.25) is 0 Å². The third-order valence-corrected chi connectivity index (χ3v) is 5.86. The topological polar surface area (TPSA) is 49.3 Å². The van der Waals surface area contributed by atoms with Crippen molar-refractivity contribution in [2.24, 2.45) is 10.9 Å². The summed E-state index contributed by atoms with van der Waals surface area (Å²) in [7, 11) is 0. The molecule has 0 amide bonds. The van der Waals surface area contributed by atoms with Crippen LogP contribution in [0.3, 0.4) is 0 Å². The van der Waals surface area contributed by atoms with Crippen LogP contribution in [0.2, 0.25) is 0 Å². The summed E-state index contributed by atoms with van der Waals surface area (Å²) >= 11 is 0. The van der Waals surface area contributed by atoms with Crippen LogP contribution in [0.25, 0.3) is 0 Å². The zero-order valence-electron chi connectivity index (χ0n) is 16.6. The van der Waals surface area contributed by atoms with Crippen LogP contribution in [0, 0.1) is 5.92 Å². The molecule has 0 spiro atoms. The highest BCUT2D eigenvalue weighted by Crippen LogP contribution is 2.20. The Morgan fingerprint density at radius 1 is 1.15 bits per heavy atom. The lowest BCUT2D eigenvalue weighted by molar-refractivity contribution is 0.0205. The SMILES string of the molecule is CCNC(=NCCCOCC1CCOCC1)N1CCC(N2CCCC2)C1. The number of ether oxygens (including phenoxy) is 2. The molecule has 0 radical (unpaired) electrons. The fourth-order valence-electron chi connectivity index (χ4n) is 4.28. The first-order valence-electron chi connectivity index (χ1n) is 10.8. The van der Waals surface area contributed by atoms with Crippen LogP contribution >= 0.6 is 0 Å². The van der Waals surface area contributed by atoms with Gasteiger partial charge in [-0.25, -0.2) is 0 Å². The highest BCUT2D eigenvalue weighted by atomic mass is 16.5. The third kappa shape index (κ3) is 6.10. The molecule has 1 N–H and O–H groups in total. The van der Waals surface area contributed by atoms with E-state index in [0.717, 1.165) is 83.9 Å². The van der Waals surface area contributed by atoms with Crippen molar-refractivity contribution in [2.75, 3.05) is 65.7 Å². The Hall–Kier alpha value is -0.850. The second-order valence-corrected chi connectivity index (χ2v) is 7.85. The predicted molar refractivity (Wildman–Crippen MR) is 106 cm³/mol. The molecule has 0 bridgehead atoms. The van der Waals surface area contributed by atoms with Crippen molar-refractivity contribution >= 4 is 5.96 Å². The Labute approximate surface area is 159 Å². The van der Waals surface area contributed by atoms with Crippen LogP contribution in [-0.4, -0.2) is 87.5 Å². The van der Waals surface area contributed by atoms with E-state index in [1.807, 2.05) is 0 Å². The van der Waals surface area contributed by atoms with Gasteiger partial charge in [0.1, 0.15) is 0 Å². The molecule has 3 rings (SSSR count). The quantitative estimate of drug-likeness (QED) is 0.404. The van der Waals surface area contributed by atoms with Gasteiger partial charge >= 0.3 is 0 Å². The maximum atomic E-state index is 5.86. The van der Waals surface area contributed by atoms with Gasteiger partial charge < -0.3 is 19.7 Å². The van der Waals surface area contributed by atoms with Gasteiger partial charge in [0.25, 0.3) is 0 Å². The number of nitrogens with zero attached hydrogens (tertiary/aromatic N) is 3. The fraction of sp³-hybridized carbons (Fsp3) is 0.950. The Morgan fingerprint density at radius 2 is 1.96 bits per heavy atom. The lowest BCUT2D eigenvalue weighted by Gasteiger charge is -2.25. The number of aliphatic imine (C=N–C) groups is 1. The van der Waals surface area contributed by atoms with Crippen LogP contribution < -0.4 is 5.32 Å². The third-order valence-electron chi connectivity index (χ3n) is 5.86. The molecular weight excluding hydrogens is 328 g/mol. The second kappa shape index (κ2) is 11.1. The zero-order valence-corrected chi connectivity index (χ0v) is 16.6. The largest absolute Gasteiger partial charge is 0.381 e. The summed E-state index contributed by atoms with van der Waals surface area (Å²) in [6.45, 7) is 12.3. The number of hydrogen-bond acceptors (Lipinski definition) is 4. The summed E-state index contributed by atoms with van der Waals surface area (Å²) in [5.74, 6) is 1.79. The van der Waals surface area contributed by atoms with Crippen molar-refractivity contribution in [1.82, 2.24) is 15.1 Å². The van der Waals surface area contributed by atoms with E-state index in [0.29, 0.717) is 5.92 Å². The molecule has 3 aliphatic rings. The van der Waals surface area contributed by atoms with Crippen molar-refractivity contribution in [2.45, 2.75) is 51.5 Å². The molecule has 0 aliphatic carbocycles. The first kappa shape index (κ1) is 19.9. The first-order chi connectivity index (χ1) is 12.9. The normalized spacial score (nSPS) is 26.0. The maximum Gasteiger partial charge on any atom is 0.193 e. The van der Waals surface area contributed by atoms with E-state index in [-0.39, 0.29) is 0 Å². The molecule has 150 valence electrons. The van der Waals surface area contributed by atoms with Gasteiger partial charge in [-0.05, 0) is 64.5 Å². The van der Waals surface area contributed by atoms with Crippen molar-refractivity contribution in [3.8, 4) is 0 Å². The van der Waals surface area contributed by atoms with Gasteiger partial charge in [-0.1, -0.05) is 0 Å². The summed E-state index contributed by atoms with van der Waals surface area (Å²) in [5, 5.41) is 3.48. The van der Waals surface area contributed by atoms with E-state index in [4.69, 9.17) is 14.5 Å². The molecule has 26 heavy (non-hydrogen) atoms. The summed E-state index contributed by atoms with van der Waals surface area (Å²) in [6, 6.07) is 0.726. The monoisotopic (exact) mass is 366 g/mol. The molecule has 1 unspecified atom stereocenters. The molecule has 0 saturated carbocycles. The molecule has 3 heterocycles. The molecule has 3 aliphatic heterocycles. The number of likely N-dealkylation sites (tertiary alicyclic amines) is 2. The molecule has 0 aromatic rings. The Morgan fingerprint density at radius 3 is 2.73 bits per heavy atom. The average molecular weight is 367 g/mol. The van der Waals surface area contributed by atoms with E-state index < -0.39 is 0 Å². The van der Waals surface area contributed by atoms with Gasteiger partial charge in [-0.15, -0.1) is 0 Å². The standard InChI is InChI=1S/C20H38N4O2/c1-2-21-20(24-12-6-19(16-24)23-10-3-4-11-23)22-9-5-13-26-17-18-7-14-25-15-8-18/h18-19H,2-17H2,1H3,(H,21,22). The first-order valence-corrected chi connectivity index (χ1v) is 10.8. The van der Waals surface area contributed by atoms with Crippen molar-refractivity contribution in [3.63, 3.8) is 0 Å². The van der Waals surface area contributed by atoms with Gasteiger partial charge in [0.05, 0.1) is 0 Å². The van der Waals surface area contributed by atoms with Gasteiger partial charge in [-0.2, -0.15) is 0 Å². The van der Waals surface area contributed by atoms with Gasteiger partial charge in [0, 0.05) is 58.6 Å². The van der Waals surface area contributed by atoms with Gasteiger partial charge in [0.15, 0.2) is 5.96 Å². The van der Waals surface area contributed by atoms with Crippen LogP contribution in [-0.2, 0) is 9.47 Å². The van der Waals surface area contributed by atoms with E-state index in [1.54, 1.807) is 0 Å². The Kier molecular flexibility index (Phi) is 8.49. The summed E-state index contributed by atoms with van der Waals surface area (Å²) in [5.41, 5.74) is 0. The number of hydrogen-bond donors (Lipinski definition) is 1. The van der Waals surface area contributed by atoms with E-state index in [2.05, 4.69) is 22.0 Å². The van der Waals surface area contributed by atoms with Crippen molar-refractivity contribution in [1.29, 1.82) is 0 Å². The van der Waals surface area contributed by atoms with Crippen LogP contribution in [0.5, 0.6) is 0 Å². The molecule has 1 atom stereocenters. The molecule has 3 saturated heterocycles. The lowest BCUT2D eigenvalue weighted by atomic mass is 10.0. The van der Waals surface area contributed by atoms with E-state index in [1.165, 1.54) is 32.4 Å². The van der Waals surface area contributed by atoms with E-state index in [9.17, 15) is 0 Å². The smallest absolute Gasteiger partial charge is 0.193 e.